The van der Waals surface area contributed by atoms with E-state index in [0.29, 0.717) is 6.42 Å². The Morgan fingerprint density at radius 2 is 1.54 bits per heavy atom. The molecule has 1 aliphatic rings. The third kappa shape index (κ3) is 2.71. The van der Waals surface area contributed by atoms with Crippen LogP contribution in [0.2, 0.25) is 0 Å². The Balaban J connectivity index is 2.73. The molecule has 0 spiro atoms. The molecule has 0 saturated heterocycles. The first kappa shape index (κ1) is 18.5. The molecule has 2 rings (SSSR count). The molecule has 1 aliphatic carbocycles. The first-order valence-corrected chi connectivity index (χ1v) is 8.33. The molecular formula is C19H27NO4. The highest BCUT2D eigenvalue weighted by atomic mass is 16.5. The molecule has 5 nitrogen and oxygen atoms in total. The predicted octanol–water partition coefficient (Wildman–Crippen LogP) is 2.74. The van der Waals surface area contributed by atoms with Crippen molar-refractivity contribution < 1.29 is 19.1 Å². The number of benzene rings is 1. The SMILES string of the molecule is COC(=O)C1(C(=O)OC)Cc2ccccc2[C@H]1N(C(C)C)C(C)C. The van der Waals surface area contributed by atoms with Gasteiger partial charge in [0.15, 0.2) is 5.41 Å². The van der Waals surface area contributed by atoms with Crippen molar-refractivity contribution >= 4 is 11.9 Å². The van der Waals surface area contributed by atoms with Crippen molar-refractivity contribution in [2.45, 2.75) is 52.2 Å². The van der Waals surface area contributed by atoms with Crippen LogP contribution in [0.4, 0.5) is 0 Å². The monoisotopic (exact) mass is 333 g/mol. The van der Waals surface area contributed by atoms with Crippen LogP contribution in [0.15, 0.2) is 24.3 Å². The minimum atomic E-state index is -1.37. The van der Waals surface area contributed by atoms with Crippen LogP contribution in [0.1, 0.15) is 44.9 Å². The van der Waals surface area contributed by atoms with E-state index in [2.05, 4.69) is 32.6 Å². The third-order valence-electron chi connectivity index (χ3n) is 4.88. The third-order valence-corrected chi connectivity index (χ3v) is 4.88. The minimum absolute atomic E-state index is 0.148. The van der Waals surface area contributed by atoms with Gasteiger partial charge in [0.05, 0.1) is 20.3 Å². The maximum absolute atomic E-state index is 12.8. The number of rotatable bonds is 5. The van der Waals surface area contributed by atoms with E-state index < -0.39 is 23.4 Å². The number of hydrogen-bond donors (Lipinski definition) is 0. The Labute approximate surface area is 143 Å². The molecule has 0 N–H and O–H groups in total. The van der Waals surface area contributed by atoms with Gasteiger partial charge in [0.2, 0.25) is 0 Å². The van der Waals surface area contributed by atoms with Crippen molar-refractivity contribution in [1.82, 2.24) is 4.90 Å². The van der Waals surface area contributed by atoms with Crippen molar-refractivity contribution in [3.05, 3.63) is 35.4 Å². The van der Waals surface area contributed by atoms with E-state index in [4.69, 9.17) is 9.47 Å². The molecule has 0 amide bonds. The molecule has 5 heteroatoms. The van der Waals surface area contributed by atoms with Crippen LogP contribution >= 0.6 is 0 Å². The van der Waals surface area contributed by atoms with Gasteiger partial charge in [-0.25, -0.2) is 0 Å². The fraction of sp³-hybridized carbons (Fsp3) is 0.579. The van der Waals surface area contributed by atoms with Crippen molar-refractivity contribution in [2.75, 3.05) is 14.2 Å². The quantitative estimate of drug-likeness (QED) is 0.612. The molecule has 24 heavy (non-hydrogen) atoms. The number of nitrogens with zero attached hydrogens (tertiary/aromatic N) is 1. The summed E-state index contributed by atoms with van der Waals surface area (Å²) in [6.45, 7) is 8.28. The Morgan fingerprint density at radius 3 is 2.00 bits per heavy atom. The summed E-state index contributed by atoms with van der Waals surface area (Å²) < 4.78 is 10.1. The van der Waals surface area contributed by atoms with Gasteiger partial charge >= 0.3 is 11.9 Å². The number of hydrogen-bond acceptors (Lipinski definition) is 5. The molecule has 0 fully saturated rings. The lowest BCUT2D eigenvalue weighted by atomic mass is 9.78. The molecule has 0 bridgehead atoms. The van der Waals surface area contributed by atoms with Gasteiger partial charge in [0, 0.05) is 18.5 Å². The van der Waals surface area contributed by atoms with Crippen LogP contribution in [0.25, 0.3) is 0 Å². The second-order valence-electron chi connectivity index (χ2n) is 6.87. The highest BCUT2D eigenvalue weighted by molar-refractivity contribution is 6.02. The van der Waals surface area contributed by atoms with Gasteiger partial charge in [-0.1, -0.05) is 24.3 Å². The molecular weight excluding hydrogens is 306 g/mol. The van der Waals surface area contributed by atoms with E-state index in [-0.39, 0.29) is 12.1 Å². The largest absolute Gasteiger partial charge is 0.468 e. The van der Waals surface area contributed by atoms with Crippen molar-refractivity contribution in [2.24, 2.45) is 5.41 Å². The van der Waals surface area contributed by atoms with Gasteiger partial charge in [-0.05, 0) is 38.8 Å². The first-order chi connectivity index (χ1) is 11.3. The predicted molar refractivity (Wildman–Crippen MR) is 91.5 cm³/mol. The smallest absolute Gasteiger partial charge is 0.325 e. The Bertz CT molecular complexity index is 600. The standard InChI is InChI=1S/C19H27NO4/c1-12(2)20(13(3)4)16-15-10-8-7-9-14(15)11-19(16,17(21)23-5)18(22)24-6/h7-10,12-13,16H,11H2,1-6H3/t16-/m1/s1. The summed E-state index contributed by atoms with van der Waals surface area (Å²) in [6.07, 6.45) is 0.295. The summed E-state index contributed by atoms with van der Waals surface area (Å²) in [5.41, 5.74) is 0.613. The summed E-state index contributed by atoms with van der Waals surface area (Å²) in [4.78, 5) is 27.8. The molecule has 0 saturated carbocycles. The number of esters is 2. The number of carbonyl (C=O) groups is 2. The Kier molecular flexibility index (Phi) is 5.33. The van der Waals surface area contributed by atoms with Crippen molar-refractivity contribution in [3.63, 3.8) is 0 Å². The average molecular weight is 333 g/mol. The van der Waals surface area contributed by atoms with Gasteiger partial charge in [0.1, 0.15) is 0 Å². The second kappa shape index (κ2) is 6.93. The van der Waals surface area contributed by atoms with E-state index in [1.54, 1.807) is 0 Å². The number of carbonyl (C=O) groups excluding carboxylic acids is 2. The number of ether oxygens (including phenoxy) is 2. The second-order valence-corrected chi connectivity index (χ2v) is 6.87. The van der Waals surface area contributed by atoms with E-state index in [1.807, 2.05) is 24.3 Å². The Hall–Kier alpha value is -1.88. The van der Waals surface area contributed by atoms with Gasteiger partial charge < -0.3 is 9.47 Å². The zero-order chi connectivity index (χ0) is 18.1. The summed E-state index contributed by atoms with van der Waals surface area (Å²) in [6, 6.07) is 7.71. The maximum atomic E-state index is 12.8. The highest BCUT2D eigenvalue weighted by Gasteiger charge is 2.61. The van der Waals surface area contributed by atoms with Crippen LogP contribution in [-0.2, 0) is 25.5 Å². The molecule has 1 atom stereocenters. The molecule has 1 aromatic rings. The van der Waals surface area contributed by atoms with Crippen LogP contribution < -0.4 is 0 Å². The van der Waals surface area contributed by atoms with Crippen LogP contribution in [-0.4, -0.2) is 43.1 Å². The van der Waals surface area contributed by atoms with Crippen molar-refractivity contribution in [1.29, 1.82) is 0 Å². The average Bonchev–Trinajstić information content (AvgIpc) is 2.89. The maximum Gasteiger partial charge on any atom is 0.325 e. The normalized spacial score (nSPS) is 18.8. The van der Waals surface area contributed by atoms with E-state index in [9.17, 15) is 9.59 Å². The van der Waals surface area contributed by atoms with Crippen LogP contribution in [0, 0.1) is 5.41 Å². The number of methoxy groups -OCH3 is 2. The zero-order valence-electron chi connectivity index (χ0n) is 15.3. The van der Waals surface area contributed by atoms with Gasteiger partial charge in [0.25, 0.3) is 0 Å². The topological polar surface area (TPSA) is 55.8 Å². The van der Waals surface area contributed by atoms with E-state index >= 15 is 0 Å². The zero-order valence-corrected chi connectivity index (χ0v) is 15.3. The number of fused-ring (bicyclic) bond motifs is 1. The molecule has 0 radical (unpaired) electrons. The lowest BCUT2D eigenvalue weighted by Crippen LogP contribution is -2.53. The first-order valence-electron chi connectivity index (χ1n) is 8.33. The molecule has 0 aliphatic heterocycles. The van der Waals surface area contributed by atoms with Crippen LogP contribution in [0.3, 0.4) is 0 Å². The van der Waals surface area contributed by atoms with Gasteiger partial charge in [-0.3, -0.25) is 14.5 Å². The van der Waals surface area contributed by atoms with Gasteiger partial charge in [-0.15, -0.1) is 0 Å². The fourth-order valence-electron chi connectivity index (χ4n) is 4.05. The van der Waals surface area contributed by atoms with Crippen molar-refractivity contribution in [3.8, 4) is 0 Å². The van der Waals surface area contributed by atoms with E-state index in [1.165, 1.54) is 14.2 Å². The summed E-state index contributed by atoms with van der Waals surface area (Å²) in [7, 11) is 2.64. The molecule has 0 heterocycles. The lowest BCUT2D eigenvalue weighted by molar-refractivity contribution is -0.175. The van der Waals surface area contributed by atoms with E-state index in [0.717, 1.165) is 11.1 Å². The molecule has 1 aromatic carbocycles. The summed E-state index contributed by atoms with van der Waals surface area (Å²) in [5.74, 6) is -1.08. The molecule has 0 unspecified atom stereocenters. The van der Waals surface area contributed by atoms with Gasteiger partial charge in [-0.2, -0.15) is 0 Å². The lowest BCUT2D eigenvalue weighted by Gasteiger charge is -2.43. The summed E-state index contributed by atoms with van der Waals surface area (Å²) in [5, 5.41) is 0. The molecule has 132 valence electrons. The highest BCUT2D eigenvalue weighted by Crippen LogP contribution is 2.51. The summed E-state index contributed by atoms with van der Waals surface area (Å²) >= 11 is 0. The van der Waals surface area contributed by atoms with Crippen LogP contribution in [0.5, 0.6) is 0 Å². The fourth-order valence-corrected chi connectivity index (χ4v) is 4.05. The Morgan fingerprint density at radius 1 is 1.04 bits per heavy atom. The minimum Gasteiger partial charge on any atom is -0.468 e. The molecule has 0 aromatic heterocycles.